The molecule has 2 aromatic carbocycles. The second-order valence-electron chi connectivity index (χ2n) is 6.41. The molecule has 3 rings (SSSR count). The van der Waals surface area contributed by atoms with E-state index in [1.807, 2.05) is 31.2 Å². The predicted molar refractivity (Wildman–Crippen MR) is 106 cm³/mol. The maximum absolute atomic E-state index is 12.5. The molecule has 0 bridgehead atoms. The van der Waals surface area contributed by atoms with Crippen LogP contribution in [0.2, 0.25) is 0 Å². The summed E-state index contributed by atoms with van der Waals surface area (Å²) in [5.74, 6) is 0.809. The standard InChI is InChI=1S/C22H24O2S/c1-3-4-5-9-17-10-8-11-18(14-17)15-25-22-16(2)21(23)19-12-6-7-13-20(19)24-22/h6-8,10-14H,3-5,9,15H2,1-2H3. The van der Waals surface area contributed by atoms with E-state index in [0.29, 0.717) is 16.5 Å². The minimum atomic E-state index is 0.0673. The summed E-state index contributed by atoms with van der Waals surface area (Å²) in [7, 11) is 0. The molecule has 1 heterocycles. The molecule has 0 unspecified atom stereocenters. The van der Waals surface area contributed by atoms with Crippen molar-refractivity contribution in [2.75, 3.05) is 0 Å². The number of hydrogen-bond donors (Lipinski definition) is 0. The molecule has 1 aromatic heterocycles. The normalized spacial score (nSPS) is 11.1. The molecule has 3 aromatic rings. The molecule has 0 atom stereocenters. The monoisotopic (exact) mass is 352 g/mol. The van der Waals surface area contributed by atoms with Crippen LogP contribution >= 0.6 is 11.8 Å². The Kier molecular flexibility index (Phi) is 5.98. The van der Waals surface area contributed by atoms with Gasteiger partial charge >= 0.3 is 0 Å². The number of rotatable bonds is 7. The first kappa shape index (κ1) is 17.8. The molecule has 2 nitrogen and oxygen atoms in total. The smallest absolute Gasteiger partial charge is 0.196 e. The Morgan fingerprint density at radius 2 is 1.80 bits per heavy atom. The van der Waals surface area contributed by atoms with E-state index in [2.05, 4.69) is 31.2 Å². The van der Waals surface area contributed by atoms with Gasteiger partial charge in [0.1, 0.15) is 5.58 Å². The summed E-state index contributed by atoms with van der Waals surface area (Å²) in [5.41, 5.74) is 4.09. The zero-order valence-corrected chi connectivity index (χ0v) is 15.7. The molecule has 0 fully saturated rings. The molecule has 25 heavy (non-hydrogen) atoms. The van der Waals surface area contributed by atoms with Crippen molar-refractivity contribution in [1.29, 1.82) is 0 Å². The van der Waals surface area contributed by atoms with Crippen molar-refractivity contribution in [3.63, 3.8) is 0 Å². The van der Waals surface area contributed by atoms with Crippen LogP contribution in [0.25, 0.3) is 11.0 Å². The molecule has 0 amide bonds. The summed E-state index contributed by atoms with van der Waals surface area (Å²) >= 11 is 1.60. The molecular formula is C22H24O2S. The Labute approximate surface area is 153 Å². The summed E-state index contributed by atoms with van der Waals surface area (Å²) < 4.78 is 5.97. The lowest BCUT2D eigenvalue weighted by molar-refractivity contribution is 0.492. The fourth-order valence-corrected chi connectivity index (χ4v) is 3.89. The van der Waals surface area contributed by atoms with Gasteiger partial charge in [0.25, 0.3) is 0 Å². The van der Waals surface area contributed by atoms with E-state index >= 15 is 0 Å². The highest BCUT2D eigenvalue weighted by atomic mass is 32.2. The van der Waals surface area contributed by atoms with Crippen LogP contribution in [0, 0.1) is 6.92 Å². The van der Waals surface area contributed by atoms with Crippen LogP contribution < -0.4 is 5.43 Å². The third-order valence-corrected chi connectivity index (χ3v) is 5.54. The van der Waals surface area contributed by atoms with E-state index in [0.717, 1.165) is 17.3 Å². The molecule has 0 aliphatic heterocycles. The topological polar surface area (TPSA) is 30.2 Å². The van der Waals surface area contributed by atoms with Gasteiger partial charge in [0.15, 0.2) is 10.5 Å². The molecule has 0 saturated heterocycles. The maximum Gasteiger partial charge on any atom is 0.196 e. The number of benzene rings is 2. The summed E-state index contributed by atoms with van der Waals surface area (Å²) in [6.45, 7) is 4.08. The highest BCUT2D eigenvalue weighted by Gasteiger charge is 2.11. The van der Waals surface area contributed by atoms with E-state index in [1.165, 1.54) is 30.4 Å². The first-order chi connectivity index (χ1) is 12.2. The van der Waals surface area contributed by atoms with Gasteiger partial charge in [-0.3, -0.25) is 4.79 Å². The van der Waals surface area contributed by atoms with Crippen molar-refractivity contribution in [2.24, 2.45) is 0 Å². The van der Waals surface area contributed by atoms with E-state index in [1.54, 1.807) is 11.8 Å². The number of para-hydroxylation sites is 1. The van der Waals surface area contributed by atoms with Crippen molar-refractivity contribution in [3.05, 3.63) is 75.4 Å². The highest BCUT2D eigenvalue weighted by Crippen LogP contribution is 2.28. The first-order valence-electron chi connectivity index (χ1n) is 8.92. The van der Waals surface area contributed by atoms with Crippen molar-refractivity contribution < 1.29 is 4.42 Å². The molecule has 3 heteroatoms. The van der Waals surface area contributed by atoms with E-state index in [4.69, 9.17) is 4.42 Å². The first-order valence-corrected chi connectivity index (χ1v) is 9.90. The quantitative estimate of drug-likeness (QED) is 0.379. The highest BCUT2D eigenvalue weighted by molar-refractivity contribution is 7.98. The van der Waals surface area contributed by atoms with Crippen molar-refractivity contribution >= 4 is 22.7 Å². The summed E-state index contributed by atoms with van der Waals surface area (Å²) in [5, 5.41) is 1.38. The van der Waals surface area contributed by atoms with Crippen LogP contribution in [0.15, 0.2) is 62.8 Å². The Balaban J connectivity index is 1.75. The van der Waals surface area contributed by atoms with Crippen molar-refractivity contribution in [1.82, 2.24) is 0 Å². The van der Waals surface area contributed by atoms with Crippen LogP contribution in [-0.4, -0.2) is 0 Å². The molecule has 0 saturated carbocycles. The molecule has 0 spiro atoms. The fraction of sp³-hybridized carbons (Fsp3) is 0.318. The van der Waals surface area contributed by atoms with Crippen molar-refractivity contribution in [2.45, 2.75) is 50.4 Å². The van der Waals surface area contributed by atoms with Gasteiger partial charge in [0.05, 0.1) is 5.39 Å². The summed E-state index contributed by atoms with van der Waals surface area (Å²) in [6.07, 6.45) is 4.90. The second-order valence-corrected chi connectivity index (χ2v) is 7.35. The van der Waals surface area contributed by atoms with Gasteiger partial charge in [-0.15, -0.1) is 0 Å². The van der Waals surface area contributed by atoms with Crippen LogP contribution in [0.5, 0.6) is 0 Å². The average molecular weight is 352 g/mol. The number of hydrogen-bond acceptors (Lipinski definition) is 3. The molecular weight excluding hydrogens is 328 g/mol. The minimum Gasteiger partial charge on any atom is -0.449 e. The summed E-state index contributed by atoms with van der Waals surface area (Å²) in [4.78, 5) is 12.5. The van der Waals surface area contributed by atoms with E-state index in [-0.39, 0.29) is 5.43 Å². The lowest BCUT2D eigenvalue weighted by Crippen LogP contribution is -2.06. The van der Waals surface area contributed by atoms with Gasteiger partial charge in [0, 0.05) is 11.3 Å². The average Bonchev–Trinajstić information content (AvgIpc) is 2.64. The predicted octanol–water partition coefficient (Wildman–Crippen LogP) is 6.13. The molecule has 130 valence electrons. The van der Waals surface area contributed by atoms with Gasteiger partial charge in [-0.25, -0.2) is 0 Å². The lowest BCUT2D eigenvalue weighted by atomic mass is 10.1. The Morgan fingerprint density at radius 1 is 1.00 bits per heavy atom. The Bertz CT molecular complexity index is 911. The number of aryl methyl sites for hydroxylation is 1. The van der Waals surface area contributed by atoms with Gasteiger partial charge < -0.3 is 4.42 Å². The summed E-state index contributed by atoms with van der Waals surface area (Å²) in [6, 6.07) is 16.2. The van der Waals surface area contributed by atoms with Gasteiger partial charge in [-0.05, 0) is 43.0 Å². The third-order valence-electron chi connectivity index (χ3n) is 4.41. The van der Waals surface area contributed by atoms with Gasteiger partial charge in [-0.1, -0.05) is 67.9 Å². The zero-order valence-electron chi connectivity index (χ0n) is 14.9. The maximum atomic E-state index is 12.5. The van der Waals surface area contributed by atoms with E-state index < -0.39 is 0 Å². The molecule has 0 aliphatic carbocycles. The number of unbranched alkanes of at least 4 members (excludes halogenated alkanes) is 2. The number of thioether (sulfide) groups is 1. The lowest BCUT2D eigenvalue weighted by Gasteiger charge is -2.08. The fourth-order valence-electron chi connectivity index (χ4n) is 2.96. The van der Waals surface area contributed by atoms with Crippen LogP contribution in [0.3, 0.4) is 0 Å². The SMILES string of the molecule is CCCCCc1cccc(CSc2oc3ccccc3c(=O)c2C)c1. The minimum absolute atomic E-state index is 0.0673. The van der Waals surface area contributed by atoms with Crippen LogP contribution in [-0.2, 0) is 12.2 Å². The zero-order chi connectivity index (χ0) is 17.6. The van der Waals surface area contributed by atoms with Gasteiger partial charge in [-0.2, -0.15) is 0 Å². The Morgan fingerprint density at radius 3 is 2.64 bits per heavy atom. The second kappa shape index (κ2) is 8.39. The van der Waals surface area contributed by atoms with E-state index in [9.17, 15) is 4.79 Å². The molecule has 0 radical (unpaired) electrons. The van der Waals surface area contributed by atoms with Crippen molar-refractivity contribution in [3.8, 4) is 0 Å². The molecule has 0 N–H and O–H groups in total. The molecule has 0 aliphatic rings. The van der Waals surface area contributed by atoms with Crippen LogP contribution in [0.4, 0.5) is 0 Å². The Hall–Kier alpha value is -2.00. The van der Waals surface area contributed by atoms with Crippen LogP contribution in [0.1, 0.15) is 42.9 Å². The largest absolute Gasteiger partial charge is 0.449 e. The van der Waals surface area contributed by atoms with Gasteiger partial charge in [0.2, 0.25) is 0 Å². The third kappa shape index (κ3) is 4.35. The number of fused-ring (bicyclic) bond motifs is 1.